The fraction of sp³-hybridized carbons (Fsp3) is 0.378. The Hall–Kier alpha value is -7.28. The molecule has 10 rings (SSSR count). The zero-order valence-electron chi connectivity index (χ0n) is 36.7. The van der Waals surface area contributed by atoms with Gasteiger partial charge in [0, 0.05) is 79.6 Å². The summed E-state index contributed by atoms with van der Waals surface area (Å²) in [6.07, 6.45) is 4.73. The van der Waals surface area contributed by atoms with E-state index in [4.69, 9.17) is 29.3 Å². The van der Waals surface area contributed by atoms with Crippen molar-refractivity contribution >= 4 is 90.9 Å². The number of aryl methyl sites for hydroxylation is 2. The molecule has 19 nitrogen and oxygen atoms in total. The molecule has 2 aromatic carbocycles. The molecule has 64 heavy (non-hydrogen) atoms. The summed E-state index contributed by atoms with van der Waals surface area (Å²) in [5.74, 6) is 3.28. The smallest absolute Gasteiger partial charge is 0.435 e. The highest BCUT2D eigenvalue weighted by Crippen LogP contribution is 2.34. The van der Waals surface area contributed by atoms with Crippen LogP contribution in [0.3, 0.4) is 0 Å². The molecule has 0 bridgehead atoms. The van der Waals surface area contributed by atoms with Gasteiger partial charge in [-0.15, -0.1) is 0 Å². The van der Waals surface area contributed by atoms with Crippen LogP contribution in [0.4, 0.5) is 39.7 Å². The molecular formula is C45H52N14O5. The van der Waals surface area contributed by atoms with Gasteiger partial charge < -0.3 is 45.1 Å². The Kier molecular flexibility index (Phi) is 11.2. The van der Waals surface area contributed by atoms with Crippen LogP contribution in [0.25, 0.3) is 44.0 Å². The largest absolute Gasteiger partial charge is 0.459 e. The topological polar surface area (TPSA) is 236 Å². The van der Waals surface area contributed by atoms with Gasteiger partial charge in [0.2, 0.25) is 17.8 Å². The highest BCUT2D eigenvalue weighted by Gasteiger charge is 2.28. The van der Waals surface area contributed by atoms with Gasteiger partial charge in [-0.3, -0.25) is 9.89 Å². The van der Waals surface area contributed by atoms with Crippen LogP contribution in [0.2, 0.25) is 0 Å². The molecule has 2 aliphatic heterocycles. The van der Waals surface area contributed by atoms with Crippen LogP contribution in [0.1, 0.15) is 51.9 Å². The summed E-state index contributed by atoms with van der Waals surface area (Å²) in [5, 5.41) is 23.2. The Bertz CT molecular complexity index is 3000. The number of nitrogens with one attached hydrogen (secondary N) is 4. The second-order valence-corrected chi connectivity index (χ2v) is 17.4. The van der Waals surface area contributed by atoms with Crippen molar-refractivity contribution in [1.29, 1.82) is 0 Å². The lowest BCUT2D eigenvalue weighted by atomic mass is 10.1. The van der Waals surface area contributed by atoms with Crippen molar-refractivity contribution in [3.63, 3.8) is 0 Å². The van der Waals surface area contributed by atoms with Gasteiger partial charge >= 0.3 is 6.09 Å². The second-order valence-electron chi connectivity index (χ2n) is 17.4. The highest BCUT2D eigenvalue weighted by molar-refractivity contribution is 5.93. The molecule has 8 aromatic rings. The molecule has 1 amide bonds. The van der Waals surface area contributed by atoms with E-state index in [0.29, 0.717) is 64.9 Å². The number of carbonyl (C=O) groups excluding carboxylic acids is 2. The molecule has 0 spiro atoms. The Labute approximate surface area is 368 Å². The third-order valence-corrected chi connectivity index (χ3v) is 11.4. The van der Waals surface area contributed by atoms with E-state index in [1.165, 1.54) is 11.6 Å². The third-order valence-electron chi connectivity index (χ3n) is 11.4. The van der Waals surface area contributed by atoms with Crippen molar-refractivity contribution in [2.24, 2.45) is 17.6 Å². The molecule has 2 fully saturated rings. The number of nitrogens with two attached hydrogens (primary N) is 1. The van der Waals surface area contributed by atoms with Crippen LogP contribution in [0.5, 0.6) is 0 Å². The summed E-state index contributed by atoms with van der Waals surface area (Å²) in [6.45, 7) is 15.5. The van der Waals surface area contributed by atoms with Gasteiger partial charge in [0.05, 0.1) is 29.3 Å². The fourth-order valence-corrected chi connectivity index (χ4v) is 8.21. The fourth-order valence-electron chi connectivity index (χ4n) is 8.21. The minimum absolute atomic E-state index is 0.0272. The van der Waals surface area contributed by atoms with Crippen molar-refractivity contribution in [2.75, 3.05) is 59.7 Å². The average Bonchev–Trinajstić information content (AvgIpc) is 4.13. The van der Waals surface area contributed by atoms with Gasteiger partial charge in [-0.2, -0.15) is 24.8 Å². The lowest BCUT2D eigenvalue weighted by Crippen LogP contribution is -2.29. The number of H-pyrrole nitrogens is 1. The Morgan fingerprint density at radius 2 is 1.41 bits per heavy atom. The van der Waals surface area contributed by atoms with Crippen LogP contribution in [0.15, 0.2) is 69.9 Å². The van der Waals surface area contributed by atoms with E-state index in [1.54, 1.807) is 18.6 Å². The van der Waals surface area contributed by atoms with E-state index in [2.05, 4.69) is 51.0 Å². The maximum Gasteiger partial charge on any atom is 0.435 e. The monoisotopic (exact) mass is 868 g/mol. The molecule has 6 aromatic heterocycles. The van der Waals surface area contributed by atoms with Crippen molar-refractivity contribution in [1.82, 2.24) is 45.2 Å². The van der Waals surface area contributed by atoms with E-state index < -0.39 is 11.7 Å². The Morgan fingerprint density at radius 1 is 0.812 bits per heavy atom. The molecular weight excluding hydrogens is 817 g/mol. The third kappa shape index (κ3) is 8.83. The minimum atomic E-state index is -0.639. The molecule has 2 unspecified atom stereocenters. The van der Waals surface area contributed by atoms with Gasteiger partial charge in [0.25, 0.3) is 0 Å². The van der Waals surface area contributed by atoms with Gasteiger partial charge in [0.1, 0.15) is 16.6 Å². The molecule has 0 saturated carbocycles. The van der Waals surface area contributed by atoms with Gasteiger partial charge in [-0.05, 0) is 102 Å². The van der Waals surface area contributed by atoms with E-state index in [-0.39, 0.29) is 5.91 Å². The first-order valence-corrected chi connectivity index (χ1v) is 21.4. The molecule has 0 radical (unpaired) electrons. The van der Waals surface area contributed by atoms with E-state index in [0.717, 1.165) is 89.3 Å². The summed E-state index contributed by atoms with van der Waals surface area (Å²) in [6, 6.07) is 15.4. The van der Waals surface area contributed by atoms with Crippen LogP contribution in [-0.2, 0) is 9.53 Å². The number of anilines is 6. The normalized spacial score (nSPS) is 16.5. The number of furan rings is 2. The van der Waals surface area contributed by atoms with Crippen LogP contribution in [-0.4, -0.2) is 96.8 Å². The molecule has 2 saturated heterocycles. The average molecular weight is 869 g/mol. The van der Waals surface area contributed by atoms with Crippen molar-refractivity contribution < 1.29 is 23.2 Å². The van der Waals surface area contributed by atoms with Crippen molar-refractivity contribution in [3.8, 4) is 0 Å². The van der Waals surface area contributed by atoms with Crippen LogP contribution < -0.4 is 31.5 Å². The molecule has 19 heteroatoms. The maximum absolute atomic E-state index is 12.8. The molecule has 2 atom stereocenters. The number of fused-ring (bicyclic) bond motifs is 4. The lowest BCUT2D eigenvalue weighted by molar-refractivity contribution is -0.119. The maximum atomic E-state index is 12.8. The molecule has 8 heterocycles. The van der Waals surface area contributed by atoms with Crippen LogP contribution in [0, 0.1) is 25.7 Å². The number of aromatic nitrogens is 8. The molecule has 0 aliphatic carbocycles. The van der Waals surface area contributed by atoms with E-state index in [1.807, 2.05) is 77.1 Å². The zero-order chi connectivity index (χ0) is 44.7. The first kappa shape index (κ1) is 42.0. The number of hydrogen-bond donors (Lipinski definition) is 5. The van der Waals surface area contributed by atoms with E-state index >= 15 is 0 Å². The van der Waals surface area contributed by atoms with Gasteiger partial charge in [-0.25, -0.2) is 14.8 Å². The summed E-state index contributed by atoms with van der Waals surface area (Å²) in [5.41, 5.74) is 12.9. The quantitative estimate of drug-likeness (QED) is 0.0956. The minimum Gasteiger partial charge on any atom is -0.459 e. The number of carbonyl (C=O) groups is 2. The summed E-state index contributed by atoms with van der Waals surface area (Å²) >= 11 is 0. The Morgan fingerprint density at radius 3 is 2.00 bits per heavy atom. The van der Waals surface area contributed by atoms with Crippen LogP contribution >= 0.6 is 0 Å². The standard InChI is InChI=1S/C26H31N7O4.C19H21N7O/c1-15-19-7-6-18(12-21(19)33(31-15)25(35)37-26(3,4)5)28-24-29-20-9-11-36-22(20)23(30-24)32-10-8-17(14-32)13-27-16(2)34;1-11-14-3-2-13(8-16(14)25-24-11)21-19-22-15-5-7-27-17(15)18(23-19)26-6-4-12(9-20)10-26/h6-7,9,11-12,17H,8,10,13-14H2,1-5H3,(H,27,34)(H,28,29,30);2-3,5,7-8,12H,4,6,9-10,20H2,1H3,(H,24,25)(H,21,22,23). The highest BCUT2D eigenvalue weighted by atomic mass is 16.6. The number of aromatic amines is 1. The first-order chi connectivity index (χ1) is 30.8. The molecule has 2 aliphatic rings. The summed E-state index contributed by atoms with van der Waals surface area (Å²) < 4.78 is 18.2. The number of ether oxygens (including phenoxy) is 1. The second kappa shape index (κ2) is 17.1. The molecule has 332 valence electrons. The summed E-state index contributed by atoms with van der Waals surface area (Å²) in [4.78, 5) is 47.2. The predicted octanol–water partition coefficient (Wildman–Crippen LogP) is 7.31. The number of rotatable bonds is 9. The number of benzene rings is 2. The first-order valence-electron chi connectivity index (χ1n) is 21.4. The summed E-state index contributed by atoms with van der Waals surface area (Å²) in [7, 11) is 0. The van der Waals surface area contributed by atoms with Crippen molar-refractivity contribution in [3.05, 3.63) is 72.4 Å². The van der Waals surface area contributed by atoms with Gasteiger partial charge in [0.15, 0.2) is 22.8 Å². The zero-order valence-corrected chi connectivity index (χ0v) is 36.7. The SMILES string of the molecule is CC(=O)NCC1CCN(c2nc(Nc3ccc4c(C)nn(C(=O)OC(C)(C)C)c4c3)nc3ccoc23)C1.Cc1[nH]nc2cc(Nc3nc(N4CCC(CN)C4)c4occc4n3)ccc12. The van der Waals surface area contributed by atoms with Crippen molar-refractivity contribution in [2.45, 2.75) is 60.0 Å². The predicted molar refractivity (Wildman–Crippen MR) is 245 cm³/mol. The number of hydrogen-bond acceptors (Lipinski definition) is 16. The van der Waals surface area contributed by atoms with E-state index in [9.17, 15) is 9.59 Å². The lowest BCUT2D eigenvalue weighted by Gasteiger charge is -2.19. The number of nitrogens with zero attached hydrogens (tertiary/aromatic N) is 9. The number of amides is 1. The van der Waals surface area contributed by atoms with Gasteiger partial charge in [-0.1, -0.05) is 0 Å². The molecule has 6 N–H and O–H groups in total. The Balaban J connectivity index is 0.000000170.